The van der Waals surface area contributed by atoms with Crippen molar-refractivity contribution in [3.8, 4) is 0 Å². The van der Waals surface area contributed by atoms with E-state index in [-0.39, 0.29) is 6.10 Å². The van der Waals surface area contributed by atoms with Crippen LogP contribution in [0, 0.1) is 0 Å². The number of piperidine rings is 1. The Balaban J connectivity index is 1.94. The normalized spacial score (nSPS) is 20.1. The van der Waals surface area contributed by atoms with Gasteiger partial charge in [-0.25, -0.2) is 0 Å². The summed E-state index contributed by atoms with van der Waals surface area (Å²) in [5, 5.41) is 13.2. The van der Waals surface area contributed by atoms with Gasteiger partial charge in [0, 0.05) is 12.6 Å². The second-order valence-corrected chi connectivity index (χ2v) is 5.63. The average Bonchev–Trinajstić information content (AvgIpc) is 2.37. The molecule has 0 aromatic heterocycles. The van der Waals surface area contributed by atoms with Crippen LogP contribution >= 0.6 is 0 Å². The van der Waals surface area contributed by atoms with Crippen molar-refractivity contribution in [2.75, 3.05) is 46.5 Å². The van der Waals surface area contributed by atoms with Gasteiger partial charge in [0.25, 0.3) is 0 Å². The molecule has 0 bridgehead atoms. The standard InChI is InChI=1S/C14H30N2O3/c1-12(2)19-9-8-18-11-14(17)10-15-13-4-6-16(3)7-5-13/h12-15,17H,4-11H2,1-3H3. The quantitative estimate of drug-likeness (QED) is 0.599. The molecule has 1 rings (SSSR count). The topological polar surface area (TPSA) is 54.0 Å². The summed E-state index contributed by atoms with van der Waals surface area (Å²) in [5.74, 6) is 0. The van der Waals surface area contributed by atoms with Gasteiger partial charge in [-0.15, -0.1) is 0 Å². The van der Waals surface area contributed by atoms with Gasteiger partial charge in [-0.2, -0.15) is 0 Å². The van der Waals surface area contributed by atoms with Gasteiger partial charge in [0.15, 0.2) is 0 Å². The summed E-state index contributed by atoms with van der Waals surface area (Å²) in [6, 6.07) is 0.537. The smallest absolute Gasteiger partial charge is 0.0897 e. The van der Waals surface area contributed by atoms with E-state index >= 15 is 0 Å². The van der Waals surface area contributed by atoms with Crippen LogP contribution in [0.5, 0.6) is 0 Å². The van der Waals surface area contributed by atoms with Gasteiger partial charge in [0.1, 0.15) is 0 Å². The zero-order valence-corrected chi connectivity index (χ0v) is 12.6. The van der Waals surface area contributed by atoms with Gasteiger partial charge in [-0.1, -0.05) is 0 Å². The lowest BCUT2D eigenvalue weighted by molar-refractivity contribution is -0.0108. The summed E-state index contributed by atoms with van der Waals surface area (Å²) in [5.41, 5.74) is 0. The Morgan fingerprint density at radius 1 is 1.26 bits per heavy atom. The van der Waals surface area contributed by atoms with Crippen LogP contribution in [-0.2, 0) is 9.47 Å². The fourth-order valence-electron chi connectivity index (χ4n) is 2.14. The second kappa shape index (κ2) is 9.66. The van der Waals surface area contributed by atoms with Crippen LogP contribution in [0.2, 0.25) is 0 Å². The maximum absolute atomic E-state index is 9.80. The van der Waals surface area contributed by atoms with Crippen LogP contribution in [0.4, 0.5) is 0 Å². The Bertz CT molecular complexity index is 219. The van der Waals surface area contributed by atoms with Gasteiger partial charge >= 0.3 is 0 Å². The van der Waals surface area contributed by atoms with Crippen LogP contribution in [0.3, 0.4) is 0 Å². The molecule has 0 aliphatic carbocycles. The van der Waals surface area contributed by atoms with Crippen molar-refractivity contribution < 1.29 is 14.6 Å². The molecule has 1 heterocycles. The van der Waals surface area contributed by atoms with Crippen molar-refractivity contribution in [1.82, 2.24) is 10.2 Å². The number of aliphatic hydroxyl groups is 1. The molecule has 1 aliphatic heterocycles. The number of likely N-dealkylation sites (tertiary alicyclic amines) is 1. The van der Waals surface area contributed by atoms with E-state index in [1.54, 1.807) is 0 Å². The molecule has 5 nitrogen and oxygen atoms in total. The molecule has 0 aromatic carbocycles. The summed E-state index contributed by atoms with van der Waals surface area (Å²) in [6.45, 7) is 8.39. The molecule has 114 valence electrons. The molecular weight excluding hydrogens is 244 g/mol. The minimum Gasteiger partial charge on any atom is -0.389 e. The highest BCUT2D eigenvalue weighted by Gasteiger charge is 2.16. The van der Waals surface area contributed by atoms with Crippen LogP contribution in [-0.4, -0.2) is 74.8 Å². The molecule has 0 aromatic rings. The maximum Gasteiger partial charge on any atom is 0.0897 e. The van der Waals surface area contributed by atoms with E-state index < -0.39 is 6.10 Å². The van der Waals surface area contributed by atoms with Gasteiger partial charge in [-0.3, -0.25) is 0 Å². The Labute approximate surface area is 117 Å². The minimum absolute atomic E-state index is 0.236. The van der Waals surface area contributed by atoms with Crippen molar-refractivity contribution in [1.29, 1.82) is 0 Å². The zero-order valence-electron chi connectivity index (χ0n) is 12.6. The molecule has 0 amide bonds. The van der Waals surface area contributed by atoms with E-state index in [1.165, 1.54) is 0 Å². The van der Waals surface area contributed by atoms with Crippen LogP contribution < -0.4 is 5.32 Å². The average molecular weight is 274 g/mol. The Morgan fingerprint density at radius 2 is 1.95 bits per heavy atom. The zero-order chi connectivity index (χ0) is 14.1. The summed E-state index contributed by atoms with van der Waals surface area (Å²) < 4.78 is 10.7. The first-order valence-electron chi connectivity index (χ1n) is 7.37. The molecule has 19 heavy (non-hydrogen) atoms. The summed E-state index contributed by atoms with van der Waals surface area (Å²) >= 11 is 0. The van der Waals surface area contributed by atoms with Crippen molar-refractivity contribution in [2.24, 2.45) is 0 Å². The molecule has 2 N–H and O–H groups in total. The minimum atomic E-state index is -0.432. The van der Waals surface area contributed by atoms with Crippen LogP contribution in [0.25, 0.3) is 0 Å². The number of hydrogen-bond donors (Lipinski definition) is 2. The van der Waals surface area contributed by atoms with Gasteiger partial charge < -0.3 is 24.8 Å². The highest BCUT2D eigenvalue weighted by molar-refractivity contribution is 4.76. The molecule has 0 spiro atoms. The number of hydrogen-bond acceptors (Lipinski definition) is 5. The summed E-state index contributed by atoms with van der Waals surface area (Å²) in [4.78, 5) is 2.34. The molecule has 1 aliphatic rings. The van der Waals surface area contributed by atoms with E-state index in [2.05, 4.69) is 17.3 Å². The van der Waals surface area contributed by atoms with E-state index in [4.69, 9.17) is 9.47 Å². The molecule has 1 fully saturated rings. The lowest BCUT2D eigenvalue weighted by Gasteiger charge is -2.30. The second-order valence-electron chi connectivity index (χ2n) is 5.63. The maximum atomic E-state index is 9.80. The number of nitrogens with zero attached hydrogens (tertiary/aromatic N) is 1. The number of aliphatic hydroxyl groups excluding tert-OH is 1. The van der Waals surface area contributed by atoms with E-state index in [0.29, 0.717) is 32.4 Å². The van der Waals surface area contributed by atoms with E-state index in [0.717, 1.165) is 25.9 Å². The highest BCUT2D eigenvalue weighted by atomic mass is 16.5. The first kappa shape index (κ1) is 16.9. The molecule has 1 atom stereocenters. The van der Waals surface area contributed by atoms with E-state index in [1.807, 2.05) is 13.8 Å². The van der Waals surface area contributed by atoms with Crippen molar-refractivity contribution in [2.45, 2.75) is 44.9 Å². The summed E-state index contributed by atoms with van der Waals surface area (Å²) in [6.07, 6.45) is 2.12. The Kier molecular flexibility index (Phi) is 8.57. The predicted molar refractivity (Wildman–Crippen MR) is 76.4 cm³/mol. The molecule has 5 heteroatoms. The van der Waals surface area contributed by atoms with Gasteiger partial charge in [0.2, 0.25) is 0 Å². The first-order chi connectivity index (χ1) is 9.08. The Morgan fingerprint density at radius 3 is 2.58 bits per heavy atom. The SMILES string of the molecule is CC(C)OCCOCC(O)CNC1CCN(C)CC1. The van der Waals surface area contributed by atoms with Crippen LogP contribution in [0.15, 0.2) is 0 Å². The van der Waals surface area contributed by atoms with Crippen LogP contribution in [0.1, 0.15) is 26.7 Å². The number of rotatable bonds is 9. The largest absolute Gasteiger partial charge is 0.389 e. The van der Waals surface area contributed by atoms with Crippen molar-refractivity contribution in [3.05, 3.63) is 0 Å². The van der Waals surface area contributed by atoms with Gasteiger partial charge in [0.05, 0.1) is 32.0 Å². The number of ether oxygens (including phenoxy) is 2. The molecule has 1 saturated heterocycles. The lowest BCUT2D eigenvalue weighted by Crippen LogP contribution is -2.44. The first-order valence-corrected chi connectivity index (χ1v) is 7.37. The highest BCUT2D eigenvalue weighted by Crippen LogP contribution is 2.07. The Hall–Kier alpha value is -0.200. The van der Waals surface area contributed by atoms with Crippen molar-refractivity contribution in [3.63, 3.8) is 0 Å². The fourth-order valence-corrected chi connectivity index (χ4v) is 2.14. The lowest BCUT2D eigenvalue weighted by atomic mass is 10.1. The third-order valence-corrected chi connectivity index (χ3v) is 3.35. The monoisotopic (exact) mass is 274 g/mol. The van der Waals surface area contributed by atoms with E-state index in [9.17, 15) is 5.11 Å². The fraction of sp³-hybridized carbons (Fsp3) is 1.00. The number of nitrogens with one attached hydrogen (secondary N) is 1. The third-order valence-electron chi connectivity index (χ3n) is 3.35. The summed E-state index contributed by atoms with van der Waals surface area (Å²) in [7, 11) is 2.15. The molecule has 1 unspecified atom stereocenters. The molecule has 0 radical (unpaired) electrons. The third kappa shape index (κ3) is 8.55. The molecule has 0 saturated carbocycles. The van der Waals surface area contributed by atoms with Crippen molar-refractivity contribution >= 4 is 0 Å². The predicted octanol–water partition coefficient (Wildman–Crippen LogP) is 0.473. The molecular formula is C14H30N2O3. The van der Waals surface area contributed by atoms with Gasteiger partial charge in [-0.05, 0) is 46.8 Å².